The van der Waals surface area contributed by atoms with Gasteiger partial charge in [-0.3, -0.25) is 19.3 Å². The minimum absolute atomic E-state index is 0.0193. The summed E-state index contributed by atoms with van der Waals surface area (Å²) in [7, 11) is 0. The van der Waals surface area contributed by atoms with Crippen molar-refractivity contribution in [3.05, 3.63) is 59.7 Å². The molecule has 0 radical (unpaired) electrons. The second-order valence-electron chi connectivity index (χ2n) is 8.72. The molecule has 0 saturated carbocycles. The van der Waals surface area contributed by atoms with Crippen LogP contribution in [-0.4, -0.2) is 48.8 Å². The summed E-state index contributed by atoms with van der Waals surface area (Å²) in [4.78, 5) is 43.9. The molecule has 2 heterocycles. The maximum absolute atomic E-state index is 13.5. The van der Waals surface area contributed by atoms with Crippen molar-refractivity contribution in [1.82, 2.24) is 4.90 Å². The van der Waals surface area contributed by atoms with Gasteiger partial charge in [0, 0.05) is 43.0 Å². The molecule has 2 fully saturated rings. The molecule has 0 bridgehead atoms. The van der Waals surface area contributed by atoms with Crippen LogP contribution in [0.2, 0.25) is 0 Å². The Morgan fingerprint density at radius 1 is 0.844 bits per heavy atom. The number of piperidine rings is 2. The summed E-state index contributed by atoms with van der Waals surface area (Å²) >= 11 is 0. The van der Waals surface area contributed by atoms with Crippen molar-refractivity contribution < 1.29 is 14.4 Å². The van der Waals surface area contributed by atoms with Gasteiger partial charge in [-0.2, -0.15) is 0 Å². The van der Waals surface area contributed by atoms with Crippen LogP contribution in [0.5, 0.6) is 0 Å². The normalized spacial score (nSPS) is 16.7. The van der Waals surface area contributed by atoms with Gasteiger partial charge in [-0.15, -0.1) is 0 Å². The monoisotopic (exact) mass is 433 g/mol. The molecule has 2 aliphatic rings. The van der Waals surface area contributed by atoms with Crippen LogP contribution in [0, 0.1) is 6.92 Å². The van der Waals surface area contributed by atoms with Crippen LogP contribution in [0.4, 0.5) is 11.4 Å². The fraction of sp³-hybridized carbons (Fsp3) is 0.423. The lowest BCUT2D eigenvalue weighted by Crippen LogP contribution is -2.45. The zero-order valence-electron chi connectivity index (χ0n) is 18.8. The molecule has 3 amide bonds. The number of nitrogens with zero attached hydrogens (tertiary/aromatic N) is 3. The molecule has 6 nitrogen and oxygen atoms in total. The number of likely N-dealkylation sites (tertiary alicyclic amines) is 1. The number of aryl methyl sites for hydroxylation is 1. The first-order valence-electron chi connectivity index (χ1n) is 11.6. The van der Waals surface area contributed by atoms with Gasteiger partial charge in [0.25, 0.3) is 5.91 Å². The van der Waals surface area contributed by atoms with E-state index in [1.165, 1.54) is 0 Å². The summed E-state index contributed by atoms with van der Waals surface area (Å²) in [6.45, 7) is 4.25. The first kappa shape index (κ1) is 22.1. The van der Waals surface area contributed by atoms with Gasteiger partial charge in [0.15, 0.2) is 0 Å². The number of amides is 3. The Morgan fingerprint density at radius 3 is 2.16 bits per heavy atom. The number of anilines is 2. The largest absolute Gasteiger partial charge is 0.341 e. The van der Waals surface area contributed by atoms with Crippen molar-refractivity contribution in [1.29, 1.82) is 0 Å². The fourth-order valence-electron chi connectivity index (χ4n) is 4.40. The summed E-state index contributed by atoms with van der Waals surface area (Å²) in [5.41, 5.74) is 3.13. The van der Waals surface area contributed by atoms with Crippen LogP contribution in [-0.2, 0) is 9.59 Å². The highest BCUT2D eigenvalue weighted by Crippen LogP contribution is 2.24. The van der Waals surface area contributed by atoms with Crippen LogP contribution in [0.3, 0.4) is 0 Å². The molecule has 32 heavy (non-hydrogen) atoms. The number of benzene rings is 2. The maximum Gasteiger partial charge on any atom is 0.258 e. The summed E-state index contributed by atoms with van der Waals surface area (Å²) < 4.78 is 0. The summed E-state index contributed by atoms with van der Waals surface area (Å²) in [6.07, 6.45) is 5.67. The van der Waals surface area contributed by atoms with Gasteiger partial charge in [0.1, 0.15) is 6.54 Å². The highest BCUT2D eigenvalue weighted by Gasteiger charge is 2.25. The van der Waals surface area contributed by atoms with Crippen LogP contribution in [0.15, 0.2) is 48.5 Å². The van der Waals surface area contributed by atoms with Gasteiger partial charge in [0.05, 0.1) is 0 Å². The second-order valence-corrected chi connectivity index (χ2v) is 8.72. The zero-order valence-corrected chi connectivity index (χ0v) is 18.8. The van der Waals surface area contributed by atoms with E-state index in [1.54, 1.807) is 21.9 Å². The highest BCUT2D eigenvalue weighted by atomic mass is 16.2. The molecule has 2 aromatic rings. The lowest BCUT2D eigenvalue weighted by atomic mass is 10.1. The molecule has 0 atom stereocenters. The number of rotatable bonds is 5. The van der Waals surface area contributed by atoms with Gasteiger partial charge < -0.3 is 9.80 Å². The maximum atomic E-state index is 13.5. The molecule has 0 unspecified atom stereocenters. The number of hydrogen-bond acceptors (Lipinski definition) is 3. The van der Waals surface area contributed by atoms with Crippen LogP contribution < -0.4 is 9.80 Å². The second kappa shape index (κ2) is 9.98. The molecule has 168 valence electrons. The first-order valence-corrected chi connectivity index (χ1v) is 11.6. The molecule has 2 aromatic carbocycles. The summed E-state index contributed by atoms with van der Waals surface area (Å²) in [6, 6.07) is 14.8. The topological polar surface area (TPSA) is 60.9 Å². The van der Waals surface area contributed by atoms with Crippen LogP contribution in [0.25, 0.3) is 0 Å². The predicted octanol–water partition coefficient (Wildman–Crippen LogP) is 4.17. The Kier molecular flexibility index (Phi) is 6.88. The Morgan fingerprint density at radius 2 is 1.50 bits per heavy atom. The van der Waals surface area contributed by atoms with E-state index in [2.05, 4.69) is 0 Å². The molecule has 0 aromatic heterocycles. The van der Waals surface area contributed by atoms with E-state index in [4.69, 9.17) is 0 Å². The summed E-state index contributed by atoms with van der Waals surface area (Å²) in [5, 5.41) is 0. The number of carbonyl (C=O) groups excluding carboxylic acids is 3. The summed E-state index contributed by atoms with van der Waals surface area (Å²) in [5.74, 6) is -0.103. The van der Waals surface area contributed by atoms with Crippen LogP contribution >= 0.6 is 0 Å². The van der Waals surface area contributed by atoms with Crippen LogP contribution in [0.1, 0.15) is 54.4 Å². The molecular formula is C26H31N3O3. The minimum Gasteiger partial charge on any atom is -0.341 e. The number of carbonyl (C=O) groups is 3. The molecule has 2 aliphatic heterocycles. The van der Waals surface area contributed by atoms with E-state index in [9.17, 15) is 14.4 Å². The lowest BCUT2D eigenvalue weighted by Gasteiger charge is -2.30. The van der Waals surface area contributed by atoms with Crippen molar-refractivity contribution in [3.63, 3.8) is 0 Å². The van der Waals surface area contributed by atoms with E-state index >= 15 is 0 Å². The lowest BCUT2D eigenvalue weighted by molar-refractivity contribution is -0.130. The van der Waals surface area contributed by atoms with E-state index in [1.807, 2.05) is 48.2 Å². The molecule has 2 saturated heterocycles. The van der Waals surface area contributed by atoms with Gasteiger partial charge in [-0.05, 0) is 75.4 Å². The average Bonchev–Trinajstić information content (AvgIpc) is 2.84. The third-order valence-electron chi connectivity index (χ3n) is 6.34. The standard InChI is InChI=1S/C26H31N3O3/c1-20-8-12-23(13-9-20)29(19-25(31)27-16-4-2-5-17-27)26(32)21-10-14-22(15-11-21)28-18-6-3-7-24(28)30/h8-15H,2-7,16-19H2,1H3. The van der Waals surface area contributed by atoms with Gasteiger partial charge >= 0.3 is 0 Å². The van der Waals surface area contributed by atoms with Crippen molar-refractivity contribution >= 4 is 29.1 Å². The van der Waals surface area contributed by atoms with Gasteiger partial charge in [-0.25, -0.2) is 0 Å². The molecule has 0 spiro atoms. The Hall–Kier alpha value is -3.15. The third kappa shape index (κ3) is 5.01. The van der Waals surface area contributed by atoms with E-state index in [0.717, 1.165) is 56.4 Å². The molecule has 0 aliphatic carbocycles. The van der Waals surface area contributed by atoms with Crippen molar-refractivity contribution in [3.8, 4) is 0 Å². The van der Waals surface area contributed by atoms with Crippen molar-refractivity contribution in [2.75, 3.05) is 36.0 Å². The molecule has 0 N–H and O–H groups in total. The Bertz CT molecular complexity index is 963. The number of hydrogen-bond donors (Lipinski definition) is 0. The van der Waals surface area contributed by atoms with Crippen molar-refractivity contribution in [2.24, 2.45) is 0 Å². The fourth-order valence-corrected chi connectivity index (χ4v) is 4.40. The van der Waals surface area contributed by atoms with E-state index in [-0.39, 0.29) is 24.3 Å². The van der Waals surface area contributed by atoms with E-state index < -0.39 is 0 Å². The molecular weight excluding hydrogens is 402 g/mol. The van der Waals surface area contributed by atoms with Crippen molar-refractivity contribution in [2.45, 2.75) is 45.4 Å². The molecule has 6 heteroatoms. The van der Waals surface area contributed by atoms with E-state index in [0.29, 0.717) is 24.2 Å². The third-order valence-corrected chi connectivity index (χ3v) is 6.34. The Balaban J connectivity index is 1.55. The quantitative estimate of drug-likeness (QED) is 0.711. The molecule has 4 rings (SSSR count). The highest BCUT2D eigenvalue weighted by molar-refractivity contribution is 6.09. The van der Waals surface area contributed by atoms with Gasteiger partial charge in [-0.1, -0.05) is 17.7 Å². The average molecular weight is 434 g/mol. The zero-order chi connectivity index (χ0) is 22.5. The predicted molar refractivity (Wildman–Crippen MR) is 126 cm³/mol. The minimum atomic E-state index is -0.212. The first-order chi connectivity index (χ1) is 15.5. The van der Waals surface area contributed by atoms with Gasteiger partial charge in [0.2, 0.25) is 11.8 Å². The Labute approximate surface area is 189 Å². The SMILES string of the molecule is Cc1ccc(N(CC(=O)N2CCCCC2)C(=O)c2ccc(N3CCCCC3=O)cc2)cc1. The smallest absolute Gasteiger partial charge is 0.258 e.